The Morgan fingerprint density at radius 3 is 2.22 bits per heavy atom. The predicted molar refractivity (Wildman–Crippen MR) is 72.1 cm³/mol. The molecule has 1 saturated heterocycles. The van der Waals surface area contributed by atoms with Gasteiger partial charge in [-0.25, -0.2) is 0 Å². The van der Waals surface area contributed by atoms with Gasteiger partial charge in [0.25, 0.3) is 0 Å². The van der Waals surface area contributed by atoms with E-state index in [1.807, 2.05) is 20.8 Å². The van der Waals surface area contributed by atoms with E-state index >= 15 is 0 Å². The summed E-state index contributed by atoms with van der Waals surface area (Å²) in [5.41, 5.74) is -0.747. The monoisotopic (exact) mass is 254 g/mol. The molecule has 1 N–H and O–H groups in total. The molecule has 0 saturated carbocycles. The summed E-state index contributed by atoms with van der Waals surface area (Å²) < 4.78 is 0. The second-order valence-corrected chi connectivity index (χ2v) is 6.59. The van der Waals surface area contributed by atoms with Gasteiger partial charge in [0.15, 0.2) is 0 Å². The summed E-state index contributed by atoms with van der Waals surface area (Å²) in [5.74, 6) is 0.0251. The minimum Gasteiger partial charge on any atom is -0.340 e. The lowest BCUT2D eigenvalue weighted by Crippen LogP contribution is -2.69. The highest BCUT2D eigenvalue weighted by atomic mass is 16.2. The second kappa shape index (κ2) is 4.90. The fourth-order valence-corrected chi connectivity index (χ4v) is 2.35. The number of hydrogen-bond acceptors (Lipinski definition) is 2. The van der Waals surface area contributed by atoms with Gasteiger partial charge in [-0.3, -0.25) is 9.59 Å². The van der Waals surface area contributed by atoms with Gasteiger partial charge >= 0.3 is 0 Å². The van der Waals surface area contributed by atoms with Crippen LogP contribution in [0, 0.1) is 5.41 Å². The molecule has 18 heavy (non-hydrogen) atoms. The van der Waals surface area contributed by atoms with Gasteiger partial charge in [-0.1, -0.05) is 34.6 Å². The number of carbonyl (C=O) groups excluding carboxylic acids is 2. The number of amides is 2. The topological polar surface area (TPSA) is 49.4 Å². The zero-order chi connectivity index (χ0) is 14.1. The Labute approximate surface area is 110 Å². The molecule has 0 spiro atoms. The number of piperazine rings is 1. The van der Waals surface area contributed by atoms with Crippen molar-refractivity contribution in [3.63, 3.8) is 0 Å². The molecule has 4 heteroatoms. The van der Waals surface area contributed by atoms with Crippen LogP contribution in [0.3, 0.4) is 0 Å². The van der Waals surface area contributed by atoms with Crippen LogP contribution < -0.4 is 5.32 Å². The normalized spacial score (nSPS) is 29.4. The summed E-state index contributed by atoms with van der Waals surface area (Å²) in [7, 11) is 0. The van der Waals surface area contributed by atoms with Crippen LogP contribution in [-0.4, -0.2) is 34.8 Å². The second-order valence-electron chi connectivity index (χ2n) is 6.59. The predicted octanol–water partition coefficient (Wildman–Crippen LogP) is 1.94. The quantitative estimate of drug-likeness (QED) is 0.836. The van der Waals surface area contributed by atoms with E-state index in [4.69, 9.17) is 0 Å². The van der Waals surface area contributed by atoms with E-state index in [1.165, 1.54) is 0 Å². The van der Waals surface area contributed by atoms with Gasteiger partial charge in [-0.05, 0) is 25.2 Å². The lowest BCUT2D eigenvalue weighted by atomic mass is 9.88. The molecule has 0 aromatic heterocycles. The van der Waals surface area contributed by atoms with Crippen molar-refractivity contribution in [2.75, 3.05) is 6.54 Å². The largest absolute Gasteiger partial charge is 0.340 e. The molecular formula is C14H26N2O2. The van der Waals surface area contributed by atoms with Crippen LogP contribution >= 0.6 is 0 Å². The maximum Gasteiger partial charge on any atom is 0.248 e. The van der Waals surface area contributed by atoms with E-state index in [0.29, 0.717) is 19.4 Å². The van der Waals surface area contributed by atoms with E-state index in [-0.39, 0.29) is 23.3 Å². The molecule has 4 nitrogen and oxygen atoms in total. The Morgan fingerprint density at radius 2 is 1.83 bits per heavy atom. The van der Waals surface area contributed by atoms with Crippen LogP contribution in [0.2, 0.25) is 0 Å². The van der Waals surface area contributed by atoms with Crippen LogP contribution in [0.5, 0.6) is 0 Å². The van der Waals surface area contributed by atoms with Crippen molar-refractivity contribution in [3.05, 3.63) is 0 Å². The third-order valence-electron chi connectivity index (χ3n) is 3.55. The number of hydrogen-bond donors (Lipinski definition) is 1. The Balaban J connectivity index is 3.06. The molecule has 2 unspecified atom stereocenters. The average molecular weight is 254 g/mol. The van der Waals surface area contributed by atoms with Crippen LogP contribution in [0.15, 0.2) is 0 Å². The number of nitrogens with zero attached hydrogens (tertiary/aromatic N) is 1. The molecule has 0 aromatic carbocycles. The van der Waals surface area contributed by atoms with Crippen molar-refractivity contribution in [3.8, 4) is 0 Å². The van der Waals surface area contributed by atoms with Gasteiger partial charge in [0.05, 0.1) is 0 Å². The highest BCUT2D eigenvalue weighted by Gasteiger charge is 2.46. The highest BCUT2D eigenvalue weighted by molar-refractivity contribution is 5.99. The standard InChI is InChI=1S/C14H26N2O2/c1-7-10-11(17)15-14(6,8-2)12(18)16(10)9-13(3,4)5/h10H,7-9H2,1-6H3,(H,15,17). The van der Waals surface area contributed by atoms with Crippen molar-refractivity contribution in [2.45, 2.75) is 66.0 Å². The summed E-state index contributed by atoms with van der Waals surface area (Å²) >= 11 is 0. The van der Waals surface area contributed by atoms with Crippen LogP contribution in [0.4, 0.5) is 0 Å². The summed E-state index contributed by atoms with van der Waals surface area (Å²) in [4.78, 5) is 26.5. The van der Waals surface area contributed by atoms with E-state index < -0.39 is 5.54 Å². The lowest BCUT2D eigenvalue weighted by molar-refractivity contribution is -0.156. The maximum absolute atomic E-state index is 12.6. The molecule has 104 valence electrons. The SMILES string of the molecule is CCC1C(=O)NC(C)(CC)C(=O)N1CC(C)(C)C. The van der Waals surface area contributed by atoms with Crippen LogP contribution in [-0.2, 0) is 9.59 Å². The molecule has 1 aliphatic rings. The summed E-state index contributed by atoms with van der Waals surface area (Å²) in [6, 6.07) is -0.323. The molecule has 0 aliphatic carbocycles. The zero-order valence-electron chi connectivity index (χ0n) is 12.5. The Hall–Kier alpha value is -1.06. The molecule has 1 heterocycles. The molecule has 0 bridgehead atoms. The smallest absolute Gasteiger partial charge is 0.248 e. The van der Waals surface area contributed by atoms with Crippen molar-refractivity contribution in [1.82, 2.24) is 10.2 Å². The van der Waals surface area contributed by atoms with Gasteiger partial charge in [-0.15, -0.1) is 0 Å². The van der Waals surface area contributed by atoms with Crippen molar-refractivity contribution >= 4 is 11.8 Å². The lowest BCUT2D eigenvalue weighted by Gasteiger charge is -2.46. The zero-order valence-corrected chi connectivity index (χ0v) is 12.5. The van der Waals surface area contributed by atoms with Gasteiger partial charge < -0.3 is 10.2 Å². The van der Waals surface area contributed by atoms with Gasteiger partial charge in [-0.2, -0.15) is 0 Å². The Morgan fingerprint density at radius 1 is 1.28 bits per heavy atom. The fraction of sp³-hybridized carbons (Fsp3) is 0.857. The van der Waals surface area contributed by atoms with E-state index in [9.17, 15) is 9.59 Å². The molecule has 0 radical (unpaired) electrons. The first kappa shape index (κ1) is 15.0. The minimum absolute atomic E-state index is 0.00461. The van der Waals surface area contributed by atoms with Crippen LogP contribution in [0.25, 0.3) is 0 Å². The minimum atomic E-state index is -0.742. The molecule has 0 aromatic rings. The summed E-state index contributed by atoms with van der Waals surface area (Å²) in [6.45, 7) is 12.6. The summed E-state index contributed by atoms with van der Waals surface area (Å²) in [5, 5.41) is 2.88. The summed E-state index contributed by atoms with van der Waals surface area (Å²) in [6.07, 6.45) is 1.28. The number of nitrogens with one attached hydrogen (secondary N) is 1. The number of carbonyl (C=O) groups is 2. The van der Waals surface area contributed by atoms with Crippen LogP contribution in [0.1, 0.15) is 54.4 Å². The highest BCUT2D eigenvalue weighted by Crippen LogP contribution is 2.26. The maximum atomic E-state index is 12.6. The van der Waals surface area contributed by atoms with Gasteiger partial charge in [0.1, 0.15) is 11.6 Å². The first-order valence-corrected chi connectivity index (χ1v) is 6.77. The number of rotatable bonds is 3. The van der Waals surface area contributed by atoms with E-state index in [1.54, 1.807) is 4.90 Å². The molecule has 1 rings (SSSR count). The van der Waals surface area contributed by atoms with E-state index in [0.717, 1.165) is 0 Å². The van der Waals surface area contributed by atoms with Gasteiger partial charge in [0, 0.05) is 6.54 Å². The Bertz CT molecular complexity index is 346. The molecular weight excluding hydrogens is 228 g/mol. The third kappa shape index (κ3) is 2.85. The van der Waals surface area contributed by atoms with Crippen molar-refractivity contribution in [2.24, 2.45) is 5.41 Å². The van der Waals surface area contributed by atoms with Crippen molar-refractivity contribution in [1.29, 1.82) is 0 Å². The van der Waals surface area contributed by atoms with Gasteiger partial charge in [0.2, 0.25) is 11.8 Å². The van der Waals surface area contributed by atoms with Crippen molar-refractivity contribution < 1.29 is 9.59 Å². The molecule has 1 fully saturated rings. The molecule has 2 amide bonds. The molecule has 1 aliphatic heterocycles. The fourth-order valence-electron chi connectivity index (χ4n) is 2.35. The van der Waals surface area contributed by atoms with E-state index in [2.05, 4.69) is 26.1 Å². The first-order chi connectivity index (χ1) is 8.14. The first-order valence-electron chi connectivity index (χ1n) is 6.77. The molecule has 2 atom stereocenters. The Kier molecular flexibility index (Phi) is 4.08. The third-order valence-corrected chi connectivity index (χ3v) is 3.55. The average Bonchev–Trinajstić information content (AvgIpc) is 2.24.